The molecule has 0 saturated heterocycles. The van der Waals surface area contributed by atoms with Gasteiger partial charge in [-0.25, -0.2) is 0 Å². The highest BCUT2D eigenvalue weighted by Crippen LogP contribution is 2.27. The van der Waals surface area contributed by atoms with Gasteiger partial charge in [-0.3, -0.25) is 14.6 Å². The number of nitrogens with zero attached hydrogens (tertiary/aromatic N) is 1. The van der Waals surface area contributed by atoms with Crippen molar-refractivity contribution >= 4 is 45.1 Å². The van der Waals surface area contributed by atoms with Gasteiger partial charge < -0.3 is 9.47 Å². The minimum atomic E-state index is -0.275. The van der Waals surface area contributed by atoms with Crippen molar-refractivity contribution in [1.29, 1.82) is 0 Å². The van der Waals surface area contributed by atoms with Gasteiger partial charge in [0.05, 0.1) is 19.2 Å². The quantitative estimate of drug-likeness (QED) is 0.206. The predicted molar refractivity (Wildman–Crippen MR) is 136 cm³/mol. The molecule has 0 N–H and O–H groups in total. The van der Waals surface area contributed by atoms with E-state index >= 15 is 0 Å². The van der Waals surface area contributed by atoms with Crippen molar-refractivity contribution in [2.24, 2.45) is 0 Å². The smallest absolute Gasteiger partial charge is 0.163 e. The van der Waals surface area contributed by atoms with Crippen molar-refractivity contribution < 1.29 is 19.1 Å². The van der Waals surface area contributed by atoms with Crippen LogP contribution in [-0.2, 0) is 16.2 Å². The van der Waals surface area contributed by atoms with Gasteiger partial charge in [0.15, 0.2) is 11.6 Å². The summed E-state index contributed by atoms with van der Waals surface area (Å²) in [6.45, 7) is 0.342. The van der Waals surface area contributed by atoms with Crippen LogP contribution in [0.1, 0.15) is 22.6 Å². The molecular formula is C28H23NO4S. The molecule has 5 nitrogen and oxygen atoms in total. The van der Waals surface area contributed by atoms with Crippen molar-refractivity contribution in [3.05, 3.63) is 101 Å². The average Bonchev–Trinajstić information content (AvgIpc) is 3.29. The third kappa shape index (κ3) is 6.27. The van der Waals surface area contributed by atoms with Crippen LogP contribution in [0.5, 0.6) is 11.5 Å². The maximum absolute atomic E-state index is 12.3. The van der Waals surface area contributed by atoms with E-state index in [1.807, 2.05) is 48.5 Å². The molecule has 170 valence electrons. The topological polar surface area (TPSA) is 65.5 Å². The van der Waals surface area contributed by atoms with Crippen LogP contribution in [0, 0.1) is 0 Å². The molecule has 0 fully saturated rings. The molecule has 0 aliphatic rings. The molecule has 4 aromatic rings. The Kier molecular flexibility index (Phi) is 7.63. The number of carbonyl (C=O) groups excluding carboxylic acids is 2. The average molecular weight is 470 g/mol. The van der Waals surface area contributed by atoms with Crippen LogP contribution < -0.4 is 9.47 Å². The first-order chi connectivity index (χ1) is 16.6. The van der Waals surface area contributed by atoms with Crippen molar-refractivity contribution in [3.63, 3.8) is 0 Å². The number of fused-ring (bicyclic) bond motifs is 1. The lowest BCUT2D eigenvalue weighted by Crippen LogP contribution is -2.02. The Morgan fingerprint density at radius 2 is 1.74 bits per heavy atom. The lowest BCUT2D eigenvalue weighted by Gasteiger charge is -2.09. The Bertz CT molecular complexity index is 1320. The third-order valence-electron chi connectivity index (χ3n) is 4.99. The highest BCUT2D eigenvalue weighted by atomic mass is 32.1. The van der Waals surface area contributed by atoms with Crippen molar-refractivity contribution in [3.8, 4) is 11.5 Å². The highest BCUT2D eigenvalue weighted by molar-refractivity contribution is 7.19. The Balaban J connectivity index is 1.33. The number of allylic oxidation sites excluding steroid dienone is 2. The second-order valence-corrected chi connectivity index (χ2v) is 8.59. The number of pyridine rings is 1. The molecule has 0 spiro atoms. The number of ether oxygens (including phenoxy) is 2. The fourth-order valence-corrected chi connectivity index (χ4v) is 4.26. The molecule has 0 saturated carbocycles. The van der Waals surface area contributed by atoms with Crippen molar-refractivity contribution in [2.45, 2.75) is 13.0 Å². The Labute approximate surface area is 202 Å². The first-order valence-corrected chi connectivity index (χ1v) is 11.5. The van der Waals surface area contributed by atoms with E-state index in [1.165, 1.54) is 12.2 Å². The second-order valence-electron chi connectivity index (χ2n) is 7.48. The minimum absolute atomic E-state index is 0.189. The van der Waals surface area contributed by atoms with Crippen LogP contribution in [0.2, 0.25) is 0 Å². The van der Waals surface area contributed by atoms with Gasteiger partial charge in [0.2, 0.25) is 0 Å². The van der Waals surface area contributed by atoms with E-state index in [-0.39, 0.29) is 18.0 Å². The number of methoxy groups -OCH3 is 1. The van der Waals surface area contributed by atoms with Crippen molar-refractivity contribution in [1.82, 2.24) is 4.98 Å². The number of benzene rings is 2. The first kappa shape index (κ1) is 23.1. The zero-order chi connectivity index (χ0) is 23.8. The van der Waals surface area contributed by atoms with Gasteiger partial charge >= 0.3 is 0 Å². The summed E-state index contributed by atoms with van der Waals surface area (Å²) in [5, 5.41) is 1.14. The fourth-order valence-electron chi connectivity index (χ4n) is 3.29. The number of carbonyl (C=O) groups is 2. The molecule has 2 aromatic carbocycles. The normalized spacial score (nSPS) is 11.3. The van der Waals surface area contributed by atoms with Crippen LogP contribution in [0.25, 0.3) is 22.2 Å². The summed E-state index contributed by atoms with van der Waals surface area (Å²) in [4.78, 5) is 29.7. The summed E-state index contributed by atoms with van der Waals surface area (Å²) in [7, 11) is 1.55. The van der Waals surface area contributed by atoms with Gasteiger partial charge in [0, 0.05) is 27.4 Å². The number of ketones is 2. The maximum atomic E-state index is 12.3. The van der Waals surface area contributed by atoms with Crippen LogP contribution in [0.3, 0.4) is 0 Å². The molecule has 34 heavy (non-hydrogen) atoms. The van der Waals surface area contributed by atoms with Gasteiger partial charge in [-0.1, -0.05) is 24.3 Å². The van der Waals surface area contributed by atoms with Gasteiger partial charge in [0.25, 0.3) is 0 Å². The van der Waals surface area contributed by atoms with Crippen LogP contribution in [0.15, 0.2) is 85.1 Å². The Hall–Kier alpha value is -4.03. The molecule has 0 unspecified atom stereocenters. The Morgan fingerprint density at radius 3 is 2.50 bits per heavy atom. The van der Waals surface area contributed by atoms with Gasteiger partial charge in [-0.15, -0.1) is 11.3 Å². The van der Waals surface area contributed by atoms with E-state index in [0.29, 0.717) is 23.7 Å². The number of thiophene rings is 1. The summed E-state index contributed by atoms with van der Waals surface area (Å²) < 4.78 is 12.4. The van der Waals surface area contributed by atoms with E-state index in [0.717, 1.165) is 20.7 Å². The van der Waals surface area contributed by atoms with Crippen LogP contribution in [-0.4, -0.2) is 23.7 Å². The van der Waals surface area contributed by atoms with E-state index < -0.39 is 0 Å². The molecular weight excluding hydrogens is 446 g/mol. The fraction of sp³-hybridized carbons (Fsp3) is 0.107. The summed E-state index contributed by atoms with van der Waals surface area (Å²) in [6.07, 6.45) is 7.80. The lowest BCUT2D eigenvalue weighted by atomic mass is 10.1. The molecule has 6 heteroatoms. The summed E-state index contributed by atoms with van der Waals surface area (Å²) in [5.41, 5.74) is 1.54. The van der Waals surface area contributed by atoms with Gasteiger partial charge in [-0.05, 0) is 66.1 Å². The van der Waals surface area contributed by atoms with Crippen LogP contribution >= 0.6 is 11.3 Å². The molecule has 0 amide bonds. The molecule has 0 atom stereocenters. The van der Waals surface area contributed by atoms with E-state index in [2.05, 4.69) is 4.98 Å². The summed E-state index contributed by atoms with van der Waals surface area (Å²) in [5.74, 6) is 0.687. The van der Waals surface area contributed by atoms with Crippen molar-refractivity contribution in [2.75, 3.05) is 7.11 Å². The summed E-state index contributed by atoms with van der Waals surface area (Å²) >= 11 is 1.61. The number of hydrogen-bond donors (Lipinski definition) is 0. The Morgan fingerprint density at radius 1 is 0.941 bits per heavy atom. The zero-order valence-corrected chi connectivity index (χ0v) is 19.5. The highest BCUT2D eigenvalue weighted by Gasteiger charge is 2.07. The third-order valence-corrected chi connectivity index (χ3v) is 6.07. The molecule has 4 rings (SSSR count). The molecule has 0 bridgehead atoms. The molecule has 0 aliphatic heterocycles. The van der Waals surface area contributed by atoms with E-state index in [4.69, 9.17) is 9.47 Å². The lowest BCUT2D eigenvalue weighted by molar-refractivity contribution is -0.121. The zero-order valence-electron chi connectivity index (χ0n) is 18.6. The number of aromatic nitrogens is 1. The maximum Gasteiger partial charge on any atom is 0.163 e. The predicted octanol–water partition coefficient (Wildman–Crippen LogP) is 6.14. The van der Waals surface area contributed by atoms with Crippen LogP contribution in [0.4, 0.5) is 0 Å². The monoisotopic (exact) mass is 469 g/mol. The first-order valence-electron chi connectivity index (χ1n) is 10.7. The van der Waals surface area contributed by atoms with Gasteiger partial charge in [0.1, 0.15) is 18.1 Å². The molecule has 2 heterocycles. The molecule has 0 radical (unpaired) electrons. The minimum Gasteiger partial charge on any atom is -0.496 e. The van der Waals surface area contributed by atoms with Gasteiger partial charge in [-0.2, -0.15) is 0 Å². The van der Waals surface area contributed by atoms with E-state index in [1.54, 1.807) is 55.0 Å². The second kappa shape index (κ2) is 11.2. The largest absolute Gasteiger partial charge is 0.496 e. The molecule has 2 aromatic heterocycles. The standard InChI is InChI=1S/C28H23NO4S/c1-32-27-18-25(33-19-22-7-4-5-15-29-22)13-10-20(27)9-11-23(30)17-24(31)12-14-26-16-21-6-2-3-8-28(21)34-26/h2-16,18H,17,19H2,1H3. The molecule has 0 aliphatic carbocycles. The summed E-state index contributed by atoms with van der Waals surface area (Å²) in [6, 6.07) is 21.1. The SMILES string of the molecule is COc1cc(OCc2ccccn2)ccc1C=CC(=O)CC(=O)C=Cc1cc2ccccc2s1. The number of hydrogen-bond acceptors (Lipinski definition) is 6. The van der Waals surface area contributed by atoms with E-state index in [9.17, 15) is 9.59 Å². The number of rotatable bonds is 10.